The van der Waals surface area contributed by atoms with Crippen molar-refractivity contribution in [3.8, 4) is 0 Å². The van der Waals surface area contributed by atoms with Crippen LogP contribution in [0.2, 0.25) is 0 Å². The van der Waals surface area contributed by atoms with E-state index >= 15 is 0 Å². The van der Waals surface area contributed by atoms with Gasteiger partial charge in [-0.25, -0.2) is 12.7 Å². The second-order valence-corrected chi connectivity index (χ2v) is 9.13. The van der Waals surface area contributed by atoms with E-state index in [1.165, 1.54) is 4.31 Å². The van der Waals surface area contributed by atoms with Gasteiger partial charge in [0, 0.05) is 24.8 Å². The molecular formula is C19H28N2O5S. The number of hydrogen-bond donors (Lipinski definition) is 0. The molecule has 0 aliphatic carbocycles. The van der Waals surface area contributed by atoms with Crippen LogP contribution in [0.5, 0.6) is 0 Å². The van der Waals surface area contributed by atoms with Crippen molar-refractivity contribution in [3.05, 3.63) is 30.3 Å². The maximum Gasteiger partial charge on any atom is 0.309 e. The highest BCUT2D eigenvalue weighted by atomic mass is 32.2. The van der Waals surface area contributed by atoms with Gasteiger partial charge in [0.1, 0.15) is 0 Å². The number of rotatable bonds is 7. The number of nitrogens with zero attached hydrogens (tertiary/aromatic N) is 2. The lowest BCUT2D eigenvalue weighted by atomic mass is 9.98. The summed E-state index contributed by atoms with van der Waals surface area (Å²) in [7, 11) is -3.23. The summed E-state index contributed by atoms with van der Waals surface area (Å²) < 4.78 is 30.4. The second kappa shape index (κ2) is 9.32. The summed E-state index contributed by atoms with van der Waals surface area (Å²) in [5.41, 5.74) is 0.756. The summed E-state index contributed by atoms with van der Waals surface area (Å²) in [6.07, 6.45) is 0.831. The van der Waals surface area contributed by atoms with Crippen LogP contribution in [0.4, 0.5) is 5.69 Å². The Morgan fingerprint density at radius 3 is 2.30 bits per heavy atom. The molecule has 0 N–H and O–H groups in total. The van der Waals surface area contributed by atoms with Gasteiger partial charge in [-0.15, -0.1) is 0 Å². The molecule has 1 aromatic rings. The Balaban J connectivity index is 1.89. The van der Waals surface area contributed by atoms with Gasteiger partial charge in [-0.2, -0.15) is 0 Å². The maximum atomic E-state index is 12.6. The molecule has 0 bridgehead atoms. The Morgan fingerprint density at radius 1 is 1.19 bits per heavy atom. The SMILES string of the molecule is CCS(=O)(=O)N1CCC(C(=O)OCC(=O)N(c2ccccc2)C(C)C)CC1. The van der Waals surface area contributed by atoms with Crippen LogP contribution in [0.25, 0.3) is 0 Å². The van der Waals surface area contributed by atoms with Gasteiger partial charge in [-0.1, -0.05) is 18.2 Å². The zero-order valence-electron chi connectivity index (χ0n) is 16.1. The molecule has 0 atom stereocenters. The van der Waals surface area contributed by atoms with Crippen LogP contribution in [0.1, 0.15) is 33.6 Å². The number of piperidine rings is 1. The molecule has 0 spiro atoms. The summed E-state index contributed by atoms with van der Waals surface area (Å²) in [5, 5.41) is 0. The summed E-state index contributed by atoms with van der Waals surface area (Å²) in [6, 6.07) is 9.18. The van der Waals surface area contributed by atoms with Crippen LogP contribution < -0.4 is 4.90 Å². The molecule has 0 saturated carbocycles. The maximum absolute atomic E-state index is 12.6. The molecular weight excluding hydrogens is 368 g/mol. The fourth-order valence-corrected chi connectivity index (χ4v) is 4.32. The van der Waals surface area contributed by atoms with Crippen LogP contribution >= 0.6 is 0 Å². The number of ether oxygens (including phenoxy) is 1. The van der Waals surface area contributed by atoms with E-state index in [1.54, 1.807) is 11.8 Å². The number of esters is 1. The number of benzene rings is 1. The molecule has 1 heterocycles. The Bertz CT molecular complexity index is 741. The van der Waals surface area contributed by atoms with Crippen LogP contribution in [0.15, 0.2) is 30.3 Å². The van der Waals surface area contributed by atoms with Crippen LogP contribution in [-0.4, -0.2) is 56.1 Å². The van der Waals surface area contributed by atoms with Crippen molar-refractivity contribution in [2.75, 3.05) is 30.3 Å². The van der Waals surface area contributed by atoms with Crippen LogP contribution in [0.3, 0.4) is 0 Å². The smallest absolute Gasteiger partial charge is 0.309 e. The van der Waals surface area contributed by atoms with Crippen LogP contribution in [-0.2, 0) is 24.3 Å². The van der Waals surface area contributed by atoms with E-state index in [4.69, 9.17) is 4.74 Å². The third-order valence-corrected chi connectivity index (χ3v) is 6.58. The van der Waals surface area contributed by atoms with Gasteiger partial charge >= 0.3 is 5.97 Å². The molecule has 1 saturated heterocycles. The fraction of sp³-hybridized carbons (Fsp3) is 0.579. The van der Waals surface area contributed by atoms with E-state index in [-0.39, 0.29) is 30.2 Å². The van der Waals surface area contributed by atoms with E-state index in [0.717, 1.165) is 5.69 Å². The normalized spacial score (nSPS) is 16.3. The first-order valence-electron chi connectivity index (χ1n) is 9.27. The first-order valence-corrected chi connectivity index (χ1v) is 10.9. The summed E-state index contributed by atoms with van der Waals surface area (Å²) in [6.45, 7) is 5.71. The molecule has 1 aliphatic rings. The summed E-state index contributed by atoms with van der Waals surface area (Å²) in [4.78, 5) is 26.5. The average Bonchev–Trinajstić information content (AvgIpc) is 2.67. The Morgan fingerprint density at radius 2 is 1.78 bits per heavy atom. The van der Waals surface area contributed by atoms with Gasteiger partial charge in [0.05, 0.1) is 11.7 Å². The van der Waals surface area contributed by atoms with Crippen molar-refractivity contribution in [1.82, 2.24) is 4.31 Å². The van der Waals surface area contributed by atoms with Crippen molar-refractivity contribution in [2.24, 2.45) is 5.92 Å². The molecule has 1 fully saturated rings. The quantitative estimate of drug-likeness (QED) is 0.659. The van der Waals surface area contributed by atoms with Crippen molar-refractivity contribution >= 4 is 27.6 Å². The van der Waals surface area contributed by atoms with Gasteiger partial charge in [0.25, 0.3) is 5.91 Å². The van der Waals surface area contributed by atoms with Gasteiger partial charge in [-0.05, 0) is 45.7 Å². The fourth-order valence-electron chi connectivity index (χ4n) is 3.19. The summed E-state index contributed by atoms with van der Waals surface area (Å²) in [5.74, 6) is -1.03. The lowest BCUT2D eigenvalue weighted by Crippen LogP contribution is -2.42. The van der Waals surface area contributed by atoms with Crippen molar-refractivity contribution < 1.29 is 22.7 Å². The highest BCUT2D eigenvalue weighted by Gasteiger charge is 2.31. The number of carbonyl (C=O) groups is 2. The van der Waals surface area contributed by atoms with Crippen LogP contribution in [0, 0.1) is 5.92 Å². The molecule has 27 heavy (non-hydrogen) atoms. The molecule has 0 aromatic heterocycles. The molecule has 8 heteroatoms. The van der Waals surface area contributed by atoms with Gasteiger partial charge < -0.3 is 9.64 Å². The summed E-state index contributed by atoms with van der Waals surface area (Å²) >= 11 is 0. The minimum absolute atomic E-state index is 0.0567. The van der Waals surface area contributed by atoms with E-state index in [9.17, 15) is 18.0 Å². The lowest BCUT2D eigenvalue weighted by molar-refractivity contribution is -0.153. The molecule has 1 aliphatic heterocycles. The highest BCUT2D eigenvalue weighted by molar-refractivity contribution is 7.89. The Kier molecular flexibility index (Phi) is 7.38. The number of para-hydroxylation sites is 1. The van der Waals surface area contributed by atoms with Gasteiger partial charge in [0.15, 0.2) is 6.61 Å². The number of carbonyl (C=O) groups excluding carboxylic acids is 2. The third-order valence-electron chi connectivity index (χ3n) is 4.70. The predicted molar refractivity (Wildman–Crippen MR) is 104 cm³/mol. The van der Waals surface area contributed by atoms with Gasteiger partial charge in [-0.3, -0.25) is 9.59 Å². The third kappa shape index (κ3) is 5.52. The number of anilines is 1. The monoisotopic (exact) mass is 396 g/mol. The molecule has 0 radical (unpaired) electrons. The predicted octanol–water partition coefficient (Wildman–Crippen LogP) is 2.03. The van der Waals surface area contributed by atoms with Crippen molar-refractivity contribution in [3.63, 3.8) is 0 Å². The van der Waals surface area contributed by atoms with Crippen molar-refractivity contribution in [1.29, 1.82) is 0 Å². The van der Waals surface area contributed by atoms with Gasteiger partial charge in [0.2, 0.25) is 10.0 Å². The highest BCUT2D eigenvalue weighted by Crippen LogP contribution is 2.22. The average molecular weight is 397 g/mol. The van der Waals surface area contributed by atoms with E-state index in [2.05, 4.69) is 0 Å². The minimum atomic E-state index is -3.23. The number of amides is 1. The minimum Gasteiger partial charge on any atom is -0.455 e. The molecule has 150 valence electrons. The van der Waals surface area contributed by atoms with E-state index < -0.39 is 16.0 Å². The second-order valence-electron chi connectivity index (χ2n) is 6.87. The molecule has 7 nitrogen and oxygen atoms in total. The Hall–Kier alpha value is -1.93. The standard InChI is InChI=1S/C19H28N2O5S/c1-4-27(24,25)20-12-10-16(11-13-20)19(23)26-14-18(22)21(15(2)3)17-8-6-5-7-9-17/h5-9,15-16H,4,10-14H2,1-3H3. The zero-order chi connectivity index (χ0) is 20.0. The largest absolute Gasteiger partial charge is 0.455 e. The van der Waals surface area contributed by atoms with Crippen molar-refractivity contribution in [2.45, 2.75) is 39.7 Å². The number of sulfonamides is 1. The zero-order valence-corrected chi connectivity index (χ0v) is 16.9. The topological polar surface area (TPSA) is 84.0 Å². The molecule has 0 unspecified atom stereocenters. The number of hydrogen-bond acceptors (Lipinski definition) is 5. The Labute approximate surface area is 161 Å². The molecule has 2 rings (SSSR count). The van der Waals surface area contributed by atoms with E-state index in [0.29, 0.717) is 25.9 Å². The molecule has 1 aromatic carbocycles. The lowest BCUT2D eigenvalue weighted by Gasteiger charge is -2.30. The molecule has 1 amide bonds. The first-order chi connectivity index (χ1) is 12.8. The first kappa shape index (κ1) is 21.4. The van der Waals surface area contributed by atoms with E-state index in [1.807, 2.05) is 44.2 Å².